The molecule has 0 radical (unpaired) electrons. The van der Waals surface area contributed by atoms with Crippen molar-refractivity contribution in [3.8, 4) is 17.2 Å². The van der Waals surface area contributed by atoms with Crippen LogP contribution in [0.4, 0.5) is 8.78 Å². The van der Waals surface area contributed by atoms with Gasteiger partial charge in [-0.3, -0.25) is 20.4 Å². The van der Waals surface area contributed by atoms with E-state index in [0.717, 1.165) is 11.1 Å². The van der Waals surface area contributed by atoms with Gasteiger partial charge in [0.15, 0.2) is 18.1 Å². The van der Waals surface area contributed by atoms with E-state index in [4.69, 9.17) is 9.47 Å². The fraction of sp³-hybridized carbons (Fsp3) is 0.263. The van der Waals surface area contributed by atoms with Crippen molar-refractivity contribution >= 4 is 11.8 Å². The number of hydrazine groups is 1. The summed E-state index contributed by atoms with van der Waals surface area (Å²) in [7, 11) is 1.25. The zero-order valence-electron chi connectivity index (χ0n) is 15.5. The molecule has 28 heavy (non-hydrogen) atoms. The average Bonchev–Trinajstić information content (AvgIpc) is 2.66. The summed E-state index contributed by atoms with van der Waals surface area (Å²) in [6.07, 6.45) is 0. The number of rotatable bonds is 7. The lowest BCUT2D eigenvalue weighted by atomic mass is 10.1. The van der Waals surface area contributed by atoms with Crippen molar-refractivity contribution in [2.45, 2.75) is 20.5 Å². The summed E-state index contributed by atoms with van der Waals surface area (Å²) in [4.78, 5) is 23.9. The van der Waals surface area contributed by atoms with E-state index in [9.17, 15) is 18.4 Å². The van der Waals surface area contributed by atoms with Crippen LogP contribution in [0.15, 0.2) is 36.4 Å². The molecule has 0 saturated carbocycles. The number of halogens is 2. The van der Waals surface area contributed by atoms with Crippen molar-refractivity contribution in [1.29, 1.82) is 0 Å². The molecule has 0 saturated heterocycles. The van der Waals surface area contributed by atoms with E-state index in [1.54, 1.807) is 12.1 Å². The molecule has 9 heteroatoms. The number of hydrogen-bond donors (Lipinski definition) is 2. The molecule has 0 fully saturated rings. The van der Waals surface area contributed by atoms with Gasteiger partial charge < -0.3 is 14.2 Å². The predicted octanol–water partition coefficient (Wildman–Crippen LogP) is 2.75. The summed E-state index contributed by atoms with van der Waals surface area (Å²) in [5.41, 5.74) is 6.62. The molecule has 0 bridgehead atoms. The number of aryl methyl sites for hydroxylation is 2. The van der Waals surface area contributed by atoms with Gasteiger partial charge in [-0.15, -0.1) is 0 Å². The van der Waals surface area contributed by atoms with Crippen LogP contribution < -0.4 is 25.1 Å². The molecular weight excluding hydrogens is 374 g/mol. The lowest BCUT2D eigenvalue weighted by Crippen LogP contribution is -2.43. The number of hydrogen-bond acceptors (Lipinski definition) is 5. The quantitative estimate of drug-likeness (QED) is 0.706. The van der Waals surface area contributed by atoms with Crippen molar-refractivity contribution in [2.24, 2.45) is 0 Å². The van der Waals surface area contributed by atoms with E-state index in [-0.39, 0.29) is 23.7 Å². The summed E-state index contributed by atoms with van der Waals surface area (Å²) in [6, 6.07) is 9.06. The number of carbonyl (C=O) groups excluding carboxylic acids is 2. The van der Waals surface area contributed by atoms with Crippen LogP contribution in [0.1, 0.15) is 21.5 Å². The van der Waals surface area contributed by atoms with Crippen molar-refractivity contribution < 1.29 is 32.6 Å². The van der Waals surface area contributed by atoms with E-state index in [1.807, 2.05) is 19.9 Å². The van der Waals surface area contributed by atoms with Gasteiger partial charge in [0.1, 0.15) is 5.75 Å². The van der Waals surface area contributed by atoms with Crippen LogP contribution in [0.5, 0.6) is 17.2 Å². The van der Waals surface area contributed by atoms with Gasteiger partial charge in [0.2, 0.25) is 0 Å². The third kappa shape index (κ3) is 5.83. The summed E-state index contributed by atoms with van der Waals surface area (Å²) < 4.78 is 39.2. The maximum Gasteiger partial charge on any atom is 0.387 e. The lowest BCUT2D eigenvalue weighted by Gasteiger charge is -2.12. The summed E-state index contributed by atoms with van der Waals surface area (Å²) in [6.45, 7) is 0.564. The predicted molar refractivity (Wildman–Crippen MR) is 96.6 cm³/mol. The highest BCUT2D eigenvalue weighted by atomic mass is 19.3. The van der Waals surface area contributed by atoms with Crippen molar-refractivity contribution in [2.75, 3.05) is 13.7 Å². The minimum Gasteiger partial charge on any atom is -0.493 e. The van der Waals surface area contributed by atoms with Crippen molar-refractivity contribution in [3.63, 3.8) is 0 Å². The van der Waals surface area contributed by atoms with Gasteiger partial charge in [0.25, 0.3) is 11.8 Å². The number of alkyl halides is 2. The molecule has 0 aliphatic rings. The molecule has 2 amide bonds. The first-order chi connectivity index (χ1) is 13.3. The third-order valence-electron chi connectivity index (χ3n) is 3.81. The molecule has 7 nitrogen and oxygen atoms in total. The van der Waals surface area contributed by atoms with Gasteiger partial charge in [-0.1, -0.05) is 6.07 Å². The second-order valence-corrected chi connectivity index (χ2v) is 5.78. The van der Waals surface area contributed by atoms with E-state index < -0.39 is 18.4 Å². The zero-order chi connectivity index (χ0) is 20.7. The number of ether oxygens (including phenoxy) is 3. The van der Waals surface area contributed by atoms with Gasteiger partial charge in [-0.2, -0.15) is 8.78 Å². The lowest BCUT2D eigenvalue weighted by molar-refractivity contribution is -0.123. The first-order valence-electron chi connectivity index (χ1n) is 8.22. The molecule has 2 aromatic rings. The molecule has 0 unspecified atom stereocenters. The highest BCUT2D eigenvalue weighted by Gasteiger charge is 2.15. The van der Waals surface area contributed by atoms with Crippen LogP contribution in [0.25, 0.3) is 0 Å². The highest BCUT2D eigenvalue weighted by molar-refractivity contribution is 5.96. The number of amides is 2. The molecule has 0 spiro atoms. The number of carbonyl (C=O) groups is 2. The number of benzene rings is 2. The second-order valence-electron chi connectivity index (χ2n) is 5.78. The Morgan fingerprint density at radius 3 is 2.39 bits per heavy atom. The monoisotopic (exact) mass is 394 g/mol. The molecule has 0 heterocycles. The summed E-state index contributed by atoms with van der Waals surface area (Å²) in [5.74, 6) is -0.959. The van der Waals surface area contributed by atoms with E-state index >= 15 is 0 Å². The Bertz CT molecular complexity index is 858. The molecule has 0 aliphatic carbocycles. The Hall–Kier alpha value is -3.36. The molecule has 0 atom stereocenters. The Morgan fingerprint density at radius 2 is 1.75 bits per heavy atom. The molecule has 2 N–H and O–H groups in total. The van der Waals surface area contributed by atoms with Gasteiger partial charge in [-0.25, -0.2) is 0 Å². The van der Waals surface area contributed by atoms with Gasteiger partial charge in [-0.05, 0) is 55.3 Å². The third-order valence-corrected chi connectivity index (χ3v) is 3.81. The summed E-state index contributed by atoms with van der Waals surface area (Å²) in [5, 5.41) is 0. The maximum absolute atomic E-state index is 12.3. The van der Waals surface area contributed by atoms with Crippen LogP contribution in [0, 0.1) is 13.8 Å². The fourth-order valence-corrected chi connectivity index (χ4v) is 2.19. The van der Waals surface area contributed by atoms with Crippen LogP contribution in [0.2, 0.25) is 0 Å². The smallest absolute Gasteiger partial charge is 0.387 e. The Kier molecular flexibility index (Phi) is 7.14. The summed E-state index contributed by atoms with van der Waals surface area (Å²) >= 11 is 0. The topological polar surface area (TPSA) is 85.9 Å². The van der Waals surface area contributed by atoms with Crippen molar-refractivity contribution in [1.82, 2.24) is 10.9 Å². The minimum absolute atomic E-state index is 0.0441. The first-order valence-corrected chi connectivity index (χ1v) is 8.22. The van der Waals surface area contributed by atoms with Gasteiger partial charge in [0, 0.05) is 5.56 Å². The largest absolute Gasteiger partial charge is 0.493 e. The first kappa shape index (κ1) is 20.9. The van der Waals surface area contributed by atoms with Crippen LogP contribution in [0.3, 0.4) is 0 Å². The molecule has 0 aromatic heterocycles. The molecule has 2 aromatic carbocycles. The van der Waals surface area contributed by atoms with Crippen LogP contribution >= 0.6 is 0 Å². The molecular formula is C19H20F2N2O5. The van der Waals surface area contributed by atoms with E-state index in [0.29, 0.717) is 5.75 Å². The Morgan fingerprint density at radius 1 is 1.00 bits per heavy atom. The minimum atomic E-state index is -3.02. The van der Waals surface area contributed by atoms with Gasteiger partial charge in [0.05, 0.1) is 7.11 Å². The molecule has 150 valence electrons. The fourth-order valence-electron chi connectivity index (χ4n) is 2.19. The number of methoxy groups -OCH3 is 1. The zero-order valence-corrected chi connectivity index (χ0v) is 15.5. The van der Waals surface area contributed by atoms with E-state index in [2.05, 4.69) is 15.6 Å². The van der Waals surface area contributed by atoms with Crippen LogP contribution in [-0.4, -0.2) is 32.1 Å². The maximum atomic E-state index is 12.3. The van der Waals surface area contributed by atoms with Crippen LogP contribution in [-0.2, 0) is 4.79 Å². The van der Waals surface area contributed by atoms with E-state index in [1.165, 1.54) is 25.3 Å². The highest BCUT2D eigenvalue weighted by Crippen LogP contribution is 2.29. The standard InChI is InChI=1S/C19H20F2N2O5/c1-11-4-6-14(8-12(11)2)27-10-17(24)22-23-18(25)13-5-7-15(28-19(20)21)16(9-13)26-3/h4-9,19H,10H2,1-3H3,(H,22,24)(H,23,25). The SMILES string of the molecule is COc1cc(C(=O)NNC(=O)COc2ccc(C)c(C)c2)ccc1OC(F)F. The average molecular weight is 394 g/mol. The Labute approximate surface area is 160 Å². The molecule has 0 aliphatic heterocycles. The molecule has 2 rings (SSSR count). The van der Waals surface area contributed by atoms with Crippen molar-refractivity contribution in [3.05, 3.63) is 53.1 Å². The number of nitrogens with one attached hydrogen (secondary N) is 2. The van der Waals surface area contributed by atoms with Gasteiger partial charge >= 0.3 is 6.61 Å². The second kappa shape index (κ2) is 9.54. The Balaban J connectivity index is 1.88. The normalized spacial score (nSPS) is 10.4.